The first-order valence-corrected chi connectivity index (χ1v) is 10.1. The van der Waals surface area contributed by atoms with Gasteiger partial charge in [0, 0.05) is 28.7 Å². The van der Waals surface area contributed by atoms with Crippen molar-refractivity contribution in [2.24, 2.45) is 0 Å². The van der Waals surface area contributed by atoms with Crippen LogP contribution in [0.15, 0.2) is 47.4 Å². The number of hydrogen-bond donors (Lipinski definition) is 1. The van der Waals surface area contributed by atoms with Crippen molar-refractivity contribution in [1.29, 1.82) is 0 Å². The summed E-state index contributed by atoms with van der Waals surface area (Å²) in [5, 5.41) is 2.89. The van der Waals surface area contributed by atoms with Crippen molar-refractivity contribution in [3.8, 4) is 0 Å². The van der Waals surface area contributed by atoms with Crippen molar-refractivity contribution in [1.82, 2.24) is 10.2 Å². The third-order valence-corrected chi connectivity index (χ3v) is 5.61. The molecular formula is C20H15Cl2FN2O3S. The summed E-state index contributed by atoms with van der Waals surface area (Å²) in [6, 6.07) is 11.0. The zero-order chi connectivity index (χ0) is 21.0. The normalized spacial score (nSPS) is 15.3. The molecule has 9 heteroatoms. The molecule has 0 radical (unpaired) electrons. The van der Waals surface area contributed by atoms with E-state index in [-0.39, 0.29) is 30.1 Å². The van der Waals surface area contributed by atoms with Gasteiger partial charge in [0.2, 0.25) is 5.91 Å². The zero-order valence-electron chi connectivity index (χ0n) is 15.0. The van der Waals surface area contributed by atoms with Gasteiger partial charge < -0.3 is 5.32 Å². The molecule has 0 atom stereocenters. The van der Waals surface area contributed by atoms with E-state index in [0.29, 0.717) is 9.93 Å². The molecule has 0 bridgehead atoms. The van der Waals surface area contributed by atoms with Crippen molar-refractivity contribution in [3.05, 3.63) is 74.4 Å². The number of rotatable bonds is 6. The number of thioether (sulfide) groups is 1. The van der Waals surface area contributed by atoms with Crippen LogP contribution in [-0.2, 0) is 16.0 Å². The Morgan fingerprint density at radius 3 is 2.55 bits per heavy atom. The van der Waals surface area contributed by atoms with Gasteiger partial charge in [-0.05, 0) is 47.7 Å². The summed E-state index contributed by atoms with van der Waals surface area (Å²) in [5.74, 6) is -1.45. The molecule has 1 saturated heterocycles. The van der Waals surface area contributed by atoms with E-state index in [1.165, 1.54) is 18.2 Å². The molecule has 1 aliphatic rings. The second-order valence-corrected chi connectivity index (χ2v) is 7.95. The van der Waals surface area contributed by atoms with Crippen LogP contribution < -0.4 is 5.32 Å². The maximum atomic E-state index is 13.7. The Hall–Kier alpha value is -2.35. The third-order valence-electron chi connectivity index (χ3n) is 4.10. The van der Waals surface area contributed by atoms with Crippen LogP contribution in [0.25, 0.3) is 6.08 Å². The molecule has 3 rings (SSSR count). The fraction of sp³-hybridized carbons (Fsp3) is 0.150. The highest BCUT2D eigenvalue weighted by molar-refractivity contribution is 8.18. The van der Waals surface area contributed by atoms with Gasteiger partial charge in [-0.15, -0.1) is 0 Å². The number of carbonyl (C=O) groups excluding carboxylic acids is 3. The Bertz CT molecular complexity index is 975. The first-order chi connectivity index (χ1) is 13.8. The van der Waals surface area contributed by atoms with Gasteiger partial charge in [0.1, 0.15) is 5.82 Å². The quantitative estimate of drug-likeness (QED) is 0.653. The standard InChI is InChI=1S/C20H15Cl2FN2O3S/c21-13-6-4-12(5-7-13)10-17-19(27)25(20(28)29-17)9-8-24-18(26)11-14-15(22)2-1-3-16(14)23/h1-7,10H,8-9,11H2,(H,24,26)/b17-10+. The van der Waals surface area contributed by atoms with Crippen LogP contribution in [0.2, 0.25) is 10.0 Å². The minimum atomic E-state index is -0.564. The highest BCUT2D eigenvalue weighted by Crippen LogP contribution is 2.32. The lowest BCUT2D eigenvalue weighted by molar-refractivity contribution is -0.124. The largest absolute Gasteiger partial charge is 0.354 e. The molecule has 0 unspecified atom stereocenters. The molecule has 2 aromatic carbocycles. The van der Waals surface area contributed by atoms with Crippen molar-refractivity contribution < 1.29 is 18.8 Å². The molecule has 0 aliphatic carbocycles. The lowest BCUT2D eigenvalue weighted by Crippen LogP contribution is -2.37. The molecule has 150 valence electrons. The summed E-state index contributed by atoms with van der Waals surface area (Å²) in [6.07, 6.45) is 1.38. The first kappa shape index (κ1) is 21.4. The average molecular weight is 453 g/mol. The molecule has 0 aromatic heterocycles. The highest BCUT2D eigenvalue weighted by atomic mass is 35.5. The molecule has 5 nitrogen and oxygen atoms in total. The van der Waals surface area contributed by atoms with E-state index in [9.17, 15) is 18.8 Å². The number of amides is 3. The zero-order valence-corrected chi connectivity index (χ0v) is 17.3. The predicted octanol–water partition coefficient (Wildman–Crippen LogP) is 4.53. The number of carbonyl (C=O) groups is 3. The summed E-state index contributed by atoms with van der Waals surface area (Å²) in [4.78, 5) is 38.0. The number of nitrogens with one attached hydrogen (secondary N) is 1. The van der Waals surface area contributed by atoms with Gasteiger partial charge in [-0.2, -0.15) is 0 Å². The van der Waals surface area contributed by atoms with E-state index in [1.54, 1.807) is 30.3 Å². The van der Waals surface area contributed by atoms with Crippen molar-refractivity contribution >= 4 is 58.1 Å². The minimum absolute atomic E-state index is 0.0133. The maximum absolute atomic E-state index is 13.7. The smallest absolute Gasteiger partial charge is 0.293 e. The van der Waals surface area contributed by atoms with Crippen LogP contribution in [-0.4, -0.2) is 35.0 Å². The van der Waals surface area contributed by atoms with Gasteiger partial charge in [0.25, 0.3) is 11.1 Å². The number of benzene rings is 2. The topological polar surface area (TPSA) is 66.5 Å². The third kappa shape index (κ3) is 5.38. The first-order valence-electron chi connectivity index (χ1n) is 8.55. The van der Waals surface area contributed by atoms with Gasteiger partial charge >= 0.3 is 0 Å². The van der Waals surface area contributed by atoms with Gasteiger partial charge in [0.05, 0.1) is 11.3 Å². The van der Waals surface area contributed by atoms with Gasteiger partial charge in [-0.1, -0.05) is 41.4 Å². The van der Waals surface area contributed by atoms with E-state index in [2.05, 4.69) is 5.32 Å². The number of halogens is 3. The van der Waals surface area contributed by atoms with E-state index >= 15 is 0 Å². The van der Waals surface area contributed by atoms with Gasteiger partial charge in [-0.25, -0.2) is 4.39 Å². The molecule has 1 heterocycles. The lowest BCUT2D eigenvalue weighted by atomic mass is 10.1. The molecule has 2 aromatic rings. The number of nitrogens with zero attached hydrogens (tertiary/aromatic N) is 1. The van der Waals surface area contributed by atoms with E-state index < -0.39 is 22.9 Å². The van der Waals surface area contributed by atoms with Crippen LogP contribution in [0.5, 0.6) is 0 Å². The van der Waals surface area contributed by atoms with Gasteiger partial charge in [0.15, 0.2) is 0 Å². The molecule has 1 N–H and O–H groups in total. The molecule has 3 amide bonds. The molecule has 29 heavy (non-hydrogen) atoms. The molecule has 1 aliphatic heterocycles. The minimum Gasteiger partial charge on any atom is -0.354 e. The summed E-state index contributed by atoms with van der Waals surface area (Å²) >= 11 is 12.6. The molecular weight excluding hydrogens is 438 g/mol. The Morgan fingerprint density at radius 1 is 1.14 bits per heavy atom. The summed E-state index contributed by atoms with van der Waals surface area (Å²) in [7, 11) is 0. The fourth-order valence-electron chi connectivity index (χ4n) is 2.63. The van der Waals surface area contributed by atoms with Crippen LogP contribution in [0.1, 0.15) is 11.1 Å². The second-order valence-electron chi connectivity index (χ2n) is 6.11. The number of hydrogen-bond acceptors (Lipinski definition) is 4. The Kier molecular flexibility index (Phi) is 6.95. The van der Waals surface area contributed by atoms with Crippen molar-refractivity contribution in [2.75, 3.05) is 13.1 Å². The van der Waals surface area contributed by atoms with Crippen LogP contribution in [0.4, 0.5) is 9.18 Å². The molecule has 0 spiro atoms. The fourth-order valence-corrected chi connectivity index (χ4v) is 3.86. The maximum Gasteiger partial charge on any atom is 0.293 e. The van der Waals surface area contributed by atoms with Crippen LogP contribution in [0.3, 0.4) is 0 Å². The van der Waals surface area contributed by atoms with Crippen LogP contribution in [0, 0.1) is 5.82 Å². The average Bonchev–Trinajstić information content (AvgIpc) is 2.94. The van der Waals surface area contributed by atoms with E-state index in [1.807, 2.05) is 0 Å². The summed E-state index contributed by atoms with van der Waals surface area (Å²) < 4.78 is 13.7. The van der Waals surface area contributed by atoms with Gasteiger partial charge in [-0.3, -0.25) is 19.3 Å². The van der Waals surface area contributed by atoms with Crippen LogP contribution >= 0.6 is 35.0 Å². The van der Waals surface area contributed by atoms with E-state index in [4.69, 9.17) is 23.2 Å². The highest BCUT2D eigenvalue weighted by Gasteiger charge is 2.34. The Balaban J connectivity index is 1.55. The van der Waals surface area contributed by atoms with Crippen molar-refractivity contribution in [2.45, 2.75) is 6.42 Å². The number of imide groups is 1. The molecule has 1 fully saturated rings. The second kappa shape index (κ2) is 9.43. The van der Waals surface area contributed by atoms with Crippen molar-refractivity contribution in [3.63, 3.8) is 0 Å². The Labute approximate surface area is 180 Å². The monoisotopic (exact) mass is 452 g/mol. The van der Waals surface area contributed by atoms with E-state index in [0.717, 1.165) is 22.2 Å². The lowest BCUT2D eigenvalue weighted by Gasteiger charge is -2.13. The summed E-state index contributed by atoms with van der Waals surface area (Å²) in [5.41, 5.74) is 0.846. The SMILES string of the molecule is O=C(Cc1c(F)cccc1Cl)NCCN1C(=O)S/C(=C/c2ccc(Cl)cc2)C1=O. The predicted molar refractivity (Wildman–Crippen MR) is 112 cm³/mol. The summed E-state index contributed by atoms with van der Waals surface area (Å²) in [6.45, 7) is 0.0660. The Morgan fingerprint density at radius 2 is 1.86 bits per heavy atom. The molecule has 0 saturated carbocycles.